The van der Waals surface area contributed by atoms with Gasteiger partial charge in [-0.1, -0.05) is 42.0 Å². The first-order valence-electron chi connectivity index (χ1n) is 9.73. The summed E-state index contributed by atoms with van der Waals surface area (Å²) < 4.78 is 11.5. The predicted octanol–water partition coefficient (Wildman–Crippen LogP) is 5.36. The number of hydrogen-bond acceptors (Lipinski definition) is 3. The van der Waals surface area contributed by atoms with E-state index in [4.69, 9.17) is 9.47 Å². The standard InChI is InChI=1S/C25H23NO4/c1-16-8-10-21-19(12-16)20(14-24(27)28)25(26-21)18-9-11-22(23(13-18)29-2)30-15-17-6-4-3-5-7-17/h3-13,26H,14-15H2,1-2H3,(H,27,28). The van der Waals surface area contributed by atoms with Gasteiger partial charge in [0.15, 0.2) is 11.5 Å². The Balaban J connectivity index is 1.71. The zero-order chi connectivity index (χ0) is 21.1. The molecule has 5 heteroatoms. The SMILES string of the molecule is COc1cc(-c2[nH]c3ccc(C)cc3c2CC(=O)O)ccc1OCc1ccccc1. The quantitative estimate of drug-likeness (QED) is 0.437. The maximum Gasteiger partial charge on any atom is 0.307 e. The first-order chi connectivity index (χ1) is 14.5. The van der Waals surface area contributed by atoms with Crippen LogP contribution >= 0.6 is 0 Å². The second-order valence-corrected chi connectivity index (χ2v) is 7.24. The van der Waals surface area contributed by atoms with Gasteiger partial charge in [0, 0.05) is 16.5 Å². The number of carbonyl (C=O) groups is 1. The maximum atomic E-state index is 11.5. The van der Waals surface area contributed by atoms with Gasteiger partial charge in [0.2, 0.25) is 0 Å². The van der Waals surface area contributed by atoms with Gasteiger partial charge in [-0.2, -0.15) is 0 Å². The molecule has 0 aliphatic heterocycles. The summed E-state index contributed by atoms with van der Waals surface area (Å²) in [5.41, 5.74) is 5.46. The molecule has 5 nitrogen and oxygen atoms in total. The van der Waals surface area contributed by atoms with Crippen molar-refractivity contribution in [1.29, 1.82) is 0 Å². The monoisotopic (exact) mass is 401 g/mol. The second kappa shape index (κ2) is 8.33. The normalized spacial score (nSPS) is 10.9. The highest BCUT2D eigenvalue weighted by molar-refractivity contribution is 5.94. The average molecular weight is 401 g/mol. The van der Waals surface area contributed by atoms with Crippen molar-refractivity contribution < 1.29 is 19.4 Å². The summed E-state index contributed by atoms with van der Waals surface area (Å²) in [5, 5.41) is 10.4. The van der Waals surface area contributed by atoms with Crippen LogP contribution in [0.2, 0.25) is 0 Å². The second-order valence-electron chi connectivity index (χ2n) is 7.24. The van der Waals surface area contributed by atoms with Crippen molar-refractivity contribution >= 4 is 16.9 Å². The average Bonchev–Trinajstić information content (AvgIpc) is 3.10. The van der Waals surface area contributed by atoms with E-state index in [1.54, 1.807) is 7.11 Å². The van der Waals surface area contributed by atoms with E-state index < -0.39 is 5.97 Å². The zero-order valence-corrected chi connectivity index (χ0v) is 16.9. The van der Waals surface area contributed by atoms with Crippen molar-refractivity contribution in [3.63, 3.8) is 0 Å². The van der Waals surface area contributed by atoms with Crippen LogP contribution in [0, 0.1) is 6.92 Å². The number of benzene rings is 3. The number of H-pyrrole nitrogens is 1. The molecule has 1 aromatic heterocycles. The molecule has 0 spiro atoms. The van der Waals surface area contributed by atoms with E-state index in [1.165, 1.54) is 0 Å². The van der Waals surface area contributed by atoms with E-state index in [9.17, 15) is 9.90 Å². The zero-order valence-electron chi connectivity index (χ0n) is 16.9. The molecule has 0 unspecified atom stereocenters. The van der Waals surface area contributed by atoms with Crippen molar-refractivity contribution in [2.24, 2.45) is 0 Å². The van der Waals surface area contributed by atoms with Crippen molar-refractivity contribution in [3.05, 3.63) is 83.4 Å². The van der Waals surface area contributed by atoms with Crippen molar-refractivity contribution in [1.82, 2.24) is 4.98 Å². The van der Waals surface area contributed by atoms with E-state index in [0.29, 0.717) is 18.1 Å². The summed E-state index contributed by atoms with van der Waals surface area (Å²) in [6.45, 7) is 2.44. The summed E-state index contributed by atoms with van der Waals surface area (Å²) in [6.07, 6.45) is -0.0621. The van der Waals surface area contributed by atoms with Gasteiger partial charge in [-0.15, -0.1) is 0 Å². The Morgan fingerprint density at radius 3 is 2.53 bits per heavy atom. The van der Waals surface area contributed by atoms with Gasteiger partial charge in [-0.05, 0) is 48.4 Å². The van der Waals surface area contributed by atoms with Gasteiger partial charge < -0.3 is 19.6 Å². The number of fused-ring (bicyclic) bond motifs is 1. The van der Waals surface area contributed by atoms with Crippen LogP contribution in [-0.2, 0) is 17.8 Å². The summed E-state index contributed by atoms with van der Waals surface area (Å²) in [6, 6.07) is 21.6. The molecule has 3 aromatic carbocycles. The minimum Gasteiger partial charge on any atom is -0.493 e. The smallest absolute Gasteiger partial charge is 0.307 e. The Morgan fingerprint density at radius 1 is 1.00 bits per heavy atom. The molecule has 152 valence electrons. The fourth-order valence-corrected chi connectivity index (χ4v) is 3.62. The lowest BCUT2D eigenvalue weighted by Gasteiger charge is -2.13. The molecule has 2 N–H and O–H groups in total. The van der Waals surface area contributed by atoms with Gasteiger partial charge >= 0.3 is 5.97 Å². The highest BCUT2D eigenvalue weighted by Crippen LogP contribution is 2.37. The van der Waals surface area contributed by atoms with Crippen LogP contribution in [0.25, 0.3) is 22.2 Å². The Morgan fingerprint density at radius 2 is 1.80 bits per heavy atom. The molecule has 0 bridgehead atoms. The largest absolute Gasteiger partial charge is 0.493 e. The van der Waals surface area contributed by atoms with Crippen LogP contribution in [0.4, 0.5) is 0 Å². The number of ether oxygens (including phenoxy) is 2. The maximum absolute atomic E-state index is 11.5. The van der Waals surface area contributed by atoms with Crippen LogP contribution in [-0.4, -0.2) is 23.2 Å². The van der Waals surface area contributed by atoms with E-state index in [0.717, 1.165) is 38.9 Å². The van der Waals surface area contributed by atoms with Gasteiger partial charge in [-0.25, -0.2) is 0 Å². The van der Waals surface area contributed by atoms with E-state index in [2.05, 4.69) is 4.98 Å². The van der Waals surface area contributed by atoms with Gasteiger partial charge in [0.05, 0.1) is 19.2 Å². The molecule has 1 heterocycles. The topological polar surface area (TPSA) is 71.6 Å². The lowest BCUT2D eigenvalue weighted by Crippen LogP contribution is -2.01. The van der Waals surface area contributed by atoms with Crippen LogP contribution in [0.15, 0.2) is 66.7 Å². The molecular formula is C25H23NO4. The molecule has 4 rings (SSSR count). The molecule has 0 saturated carbocycles. The molecule has 0 atom stereocenters. The number of methoxy groups -OCH3 is 1. The Labute approximate surface area is 174 Å². The predicted molar refractivity (Wildman–Crippen MR) is 117 cm³/mol. The Bertz CT molecular complexity index is 1190. The molecule has 4 aromatic rings. The van der Waals surface area contributed by atoms with Crippen LogP contribution in [0.5, 0.6) is 11.5 Å². The number of rotatable bonds is 7. The summed E-state index contributed by atoms with van der Waals surface area (Å²) in [5.74, 6) is 0.366. The van der Waals surface area contributed by atoms with Gasteiger partial charge in [-0.3, -0.25) is 4.79 Å². The third-order valence-electron chi connectivity index (χ3n) is 5.08. The van der Waals surface area contributed by atoms with Crippen LogP contribution in [0.1, 0.15) is 16.7 Å². The van der Waals surface area contributed by atoms with Crippen molar-refractivity contribution in [2.75, 3.05) is 7.11 Å². The number of aryl methyl sites for hydroxylation is 1. The number of nitrogens with one attached hydrogen (secondary N) is 1. The first kappa shape index (κ1) is 19.6. The number of carboxylic acids is 1. The van der Waals surface area contributed by atoms with E-state index in [1.807, 2.05) is 73.7 Å². The molecule has 0 aliphatic carbocycles. The summed E-state index contributed by atoms with van der Waals surface area (Å²) >= 11 is 0. The third-order valence-corrected chi connectivity index (χ3v) is 5.08. The Hall–Kier alpha value is -3.73. The van der Waals surface area contributed by atoms with E-state index >= 15 is 0 Å². The first-order valence-corrected chi connectivity index (χ1v) is 9.73. The Kier molecular flexibility index (Phi) is 5.44. The minimum atomic E-state index is -0.867. The number of aromatic nitrogens is 1. The fraction of sp³-hybridized carbons (Fsp3) is 0.160. The lowest BCUT2D eigenvalue weighted by atomic mass is 10.0. The third kappa shape index (κ3) is 4.01. The summed E-state index contributed by atoms with van der Waals surface area (Å²) in [7, 11) is 1.60. The fourth-order valence-electron chi connectivity index (χ4n) is 3.62. The van der Waals surface area contributed by atoms with Crippen molar-refractivity contribution in [2.45, 2.75) is 20.0 Å². The molecular weight excluding hydrogens is 378 g/mol. The molecule has 0 radical (unpaired) electrons. The highest BCUT2D eigenvalue weighted by Gasteiger charge is 2.17. The highest BCUT2D eigenvalue weighted by atomic mass is 16.5. The number of aliphatic carboxylic acids is 1. The van der Waals surface area contributed by atoms with Crippen LogP contribution in [0.3, 0.4) is 0 Å². The lowest BCUT2D eigenvalue weighted by molar-refractivity contribution is -0.136. The molecule has 0 aliphatic rings. The van der Waals surface area contributed by atoms with E-state index in [-0.39, 0.29) is 6.42 Å². The van der Waals surface area contributed by atoms with Crippen LogP contribution < -0.4 is 9.47 Å². The van der Waals surface area contributed by atoms with Gasteiger partial charge in [0.1, 0.15) is 6.61 Å². The molecule has 0 fully saturated rings. The number of aromatic amines is 1. The number of carboxylic acid groups (broad SMARTS) is 1. The van der Waals surface area contributed by atoms with Crippen molar-refractivity contribution in [3.8, 4) is 22.8 Å². The minimum absolute atomic E-state index is 0.0621. The van der Waals surface area contributed by atoms with Gasteiger partial charge in [0.25, 0.3) is 0 Å². The molecule has 0 amide bonds. The number of hydrogen-bond donors (Lipinski definition) is 2. The molecule has 0 saturated heterocycles. The summed E-state index contributed by atoms with van der Waals surface area (Å²) in [4.78, 5) is 14.9. The molecule has 30 heavy (non-hydrogen) atoms.